The minimum absolute atomic E-state index is 0.0171. The Morgan fingerprint density at radius 3 is 2.41 bits per heavy atom. The standard InChI is InChI=1S/C12H10N2O2S/c13-9-6-10(14(15)16)8-12(7-9)17-11-4-2-1-3-5-11/h1-8H,13H2. The fourth-order valence-corrected chi connectivity index (χ4v) is 2.33. The first-order chi connectivity index (χ1) is 8.15. The third kappa shape index (κ3) is 2.98. The molecule has 0 radical (unpaired) electrons. The van der Waals surface area contributed by atoms with E-state index in [0.717, 1.165) is 9.79 Å². The molecule has 0 fully saturated rings. The van der Waals surface area contributed by atoms with Gasteiger partial charge in [-0.25, -0.2) is 0 Å². The van der Waals surface area contributed by atoms with Crippen LogP contribution in [-0.2, 0) is 0 Å². The number of nitro benzene ring substituents is 1. The molecule has 0 saturated heterocycles. The summed E-state index contributed by atoms with van der Waals surface area (Å²) in [6, 6.07) is 14.3. The van der Waals surface area contributed by atoms with Gasteiger partial charge in [0.1, 0.15) is 0 Å². The highest BCUT2D eigenvalue weighted by Gasteiger charge is 2.09. The molecular weight excluding hydrogens is 236 g/mol. The SMILES string of the molecule is Nc1cc(Sc2ccccc2)cc([N+](=O)[O-])c1. The molecule has 0 aromatic heterocycles. The molecule has 0 aliphatic carbocycles. The van der Waals surface area contributed by atoms with Crippen LogP contribution < -0.4 is 5.73 Å². The highest BCUT2D eigenvalue weighted by atomic mass is 32.2. The Morgan fingerprint density at radius 1 is 1.06 bits per heavy atom. The number of nitrogens with zero attached hydrogens (tertiary/aromatic N) is 1. The van der Waals surface area contributed by atoms with Gasteiger partial charge >= 0.3 is 0 Å². The normalized spacial score (nSPS) is 10.1. The molecule has 0 atom stereocenters. The van der Waals surface area contributed by atoms with Gasteiger partial charge in [-0.05, 0) is 18.2 Å². The number of benzene rings is 2. The van der Waals surface area contributed by atoms with Gasteiger partial charge in [-0.15, -0.1) is 0 Å². The van der Waals surface area contributed by atoms with E-state index in [2.05, 4.69) is 0 Å². The van der Waals surface area contributed by atoms with Crippen molar-refractivity contribution in [1.29, 1.82) is 0 Å². The van der Waals surface area contributed by atoms with E-state index >= 15 is 0 Å². The third-order valence-electron chi connectivity index (χ3n) is 2.10. The molecule has 0 unspecified atom stereocenters. The number of hydrogen-bond donors (Lipinski definition) is 1. The fourth-order valence-electron chi connectivity index (χ4n) is 1.39. The van der Waals surface area contributed by atoms with Crippen molar-refractivity contribution in [3.05, 3.63) is 58.6 Å². The quantitative estimate of drug-likeness (QED) is 0.512. The van der Waals surface area contributed by atoms with Gasteiger partial charge in [0.2, 0.25) is 0 Å². The molecule has 2 rings (SSSR count). The van der Waals surface area contributed by atoms with Crippen molar-refractivity contribution < 1.29 is 4.92 Å². The van der Waals surface area contributed by atoms with E-state index in [1.807, 2.05) is 30.3 Å². The Balaban J connectivity index is 2.30. The van der Waals surface area contributed by atoms with Gasteiger partial charge in [0.25, 0.3) is 5.69 Å². The Labute approximate surface area is 103 Å². The van der Waals surface area contributed by atoms with Crippen LogP contribution in [0.2, 0.25) is 0 Å². The van der Waals surface area contributed by atoms with Crippen LogP contribution in [0.5, 0.6) is 0 Å². The summed E-state index contributed by atoms with van der Waals surface area (Å²) >= 11 is 1.45. The predicted molar refractivity (Wildman–Crippen MR) is 68.1 cm³/mol. The van der Waals surface area contributed by atoms with E-state index in [1.54, 1.807) is 6.07 Å². The van der Waals surface area contributed by atoms with E-state index in [0.29, 0.717) is 5.69 Å². The molecule has 86 valence electrons. The number of nitro groups is 1. The minimum atomic E-state index is -0.439. The Hall–Kier alpha value is -2.01. The lowest BCUT2D eigenvalue weighted by Gasteiger charge is -2.02. The second kappa shape index (κ2) is 4.88. The van der Waals surface area contributed by atoms with Gasteiger partial charge in [0, 0.05) is 27.6 Å². The zero-order valence-corrected chi connectivity index (χ0v) is 9.68. The minimum Gasteiger partial charge on any atom is -0.398 e. The van der Waals surface area contributed by atoms with Crippen molar-refractivity contribution in [2.45, 2.75) is 9.79 Å². The first-order valence-corrected chi connectivity index (χ1v) is 5.74. The smallest absolute Gasteiger partial charge is 0.272 e. The van der Waals surface area contributed by atoms with Crippen LogP contribution in [0.15, 0.2) is 58.3 Å². The largest absolute Gasteiger partial charge is 0.398 e. The van der Waals surface area contributed by atoms with Crippen molar-refractivity contribution in [2.24, 2.45) is 0 Å². The van der Waals surface area contributed by atoms with Crippen LogP contribution >= 0.6 is 11.8 Å². The maximum Gasteiger partial charge on any atom is 0.272 e. The number of non-ortho nitro benzene ring substituents is 1. The Kier molecular flexibility index (Phi) is 3.30. The lowest BCUT2D eigenvalue weighted by atomic mass is 10.3. The van der Waals surface area contributed by atoms with Gasteiger partial charge in [0.15, 0.2) is 0 Å². The second-order valence-electron chi connectivity index (χ2n) is 3.43. The average Bonchev–Trinajstić information content (AvgIpc) is 2.29. The number of rotatable bonds is 3. The van der Waals surface area contributed by atoms with Crippen molar-refractivity contribution in [1.82, 2.24) is 0 Å². The molecule has 17 heavy (non-hydrogen) atoms. The molecule has 0 heterocycles. The molecule has 0 spiro atoms. The summed E-state index contributed by atoms with van der Waals surface area (Å²) in [5.41, 5.74) is 6.05. The first-order valence-electron chi connectivity index (χ1n) is 4.93. The summed E-state index contributed by atoms with van der Waals surface area (Å²) in [5, 5.41) is 10.7. The summed E-state index contributed by atoms with van der Waals surface area (Å²) in [5.74, 6) is 0. The Morgan fingerprint density at radius 2 is 1.76 bits per heavy atom. The van der Waals surface area contributed by atoms with Gasteiger partial charge in [-0.1, -0.05) is 30.0 Å². The van der Waals surface area contributed by atoms with Crippen molar-refractivity contribution >= 4 is 23.1 Å². The van der Waals surface area contributed by atoms with Gasteiger partial charge in [0.05, 0.1) is 4.92 Å². The molecule has 0 saturated carbocycles. The molecule has 4 nitrogen and oxygen atoms in total. The lowest BCUT2D eigenvalue weighted by molar-refractivity contribution is -0.385. The topological polar surface area (TPSA) is 69.2 Å². The van der Waals surface area contributed by atoms with E-state index in [4.69, 9.17) is 5.73 Å². The third-order valence-corrected chi connectivity index (χ3v) is 3.08. The van der Waals surface area contributed by atoms with Gasteiger partial charge < -0.3 is 5.73 Å². The van der Waals surface area contributed by atoms with E-state index < -0.39 is 4.92 Å². The van der Waals surface area contributed by atoms with E-state index in [-0.39, 0.29) is 5.69 Å². The zero-order valence-electron chi connectivity index (χ0n) is 8.87. The molecule has 2 aromatic rings. The van der Waals surface area contributed by atoms with Gasteiger partial charge in [-0.3, -0.25) is 10.1 Å². The number of nitrogens with two attached hydrogens (primary N) is 1. The summed E-state index contributed by atoms with van der Waals surface area (Å²) in [7, 11) is 0. The maximum atomic E-state index is 10.7. The number of nitrogen functional groups attached to an aromatic ring is 1. The van der Waals surface area contributed by atoms with Crippen LogP contribution in [-0.4, -0.2) is 4.92 Å². The molecule has 2 N–H and O–H groups in total. The van der Waals surface area contributed by atoms with E-state index in [1.165, 1.54) is 23.9 Å². The van der Waals surface area contributed by atoms with E-state index in [9.17, 15) is 10.1 Å². The van der Waals surface area contributed by atoms with Gasteiger partial charge in [-0.2, -0.15) is 0 Å². The lowest BCUT2D eigenvalue weighted by Crippen LogP contribution is -1.92. The van der Waals surface area contributed by atoms with Crippen LogP contribution in [0.3, 0.4) is 0 Å². The molecule has 0 aliphatic rings. The summed E-state index contributed by atoms with van der Waals surface area (Å²) in [4.78, 5) is 12.0. The number of anilines is 1. The maximum absolute atomic E-state index is 10.7. The van der Waals surface area contributed by atoms with Crippen LogP contribution in [0, 0.1) is 10.1 Å². The zero-order chi connectivity index (χ0) is 12.3. The summed E-state index contributed by atoms with van der Waals surface area (Å²) in [6.07, 6.45) is 0. The fraction of sp³-hybridized carbons (Fsp3) is 0. The number of hydrogen-bond acceptors (Lipinski definition) is 4. The highest BCUT2D eigenvalue weighted by molar-refractivity contribution is 7.99. The van der Waals surface area contributed by atoms with Crippen molar-refractivity contribution in [3.63, 3.8) is 0 Å². The molecule has 0 aliphatic heterocycles. The second-order valence-corrected chi connectivity index (χ2v) is 4.58. The molecule has 0 bridgehead atoms. The van der Waals surface area contributed by atoms with Crippen molar-refractivity contribution in [3.8, 4) is 0 Å². The highest BCUT2D eigenvalue weighted by Crippen LogP contribution is 2.31. The predicted octanol–water partition coefficient (Wildman–Crippen LogP) is 3.33. The Bertz CT molecular complexity index is 543. The van der Waals surface area contributed by atoms with Crippen LogP contribution in [0.1, 0.15) is 0 Å². The monoisotopic (exact) mass is 246 g/mol. The summed E-state index contributed by atoms with van der Waals surface area (Å²) < 4.78 is 0. The van der Waals surface area contributed by atoms with Crippen molar-refractivity contribution in [2.75, 3.05) is 5.73 Å². The first kappa shape index (κ1) is 11.5. The average molecular weight is 246 g/mol. The van der Waals surface area contributed by atoms with Crippen LogP contribution in [0.4, 0.5) is 11.4 Å². The van der Waals surface area contributed by atoms with Crippen LogP contribution in [0.25, 0.3) is 0 Å². The molecule has 2 aromatic carbocycles. The molecule has 0 amide bonds. The molecular formula is C12H10N2O2S. The molecule has 5 heteroatoms. The summed E-state index contributed by atoms with van der Waals surface area (Å²) in [6.45, 7) is 0.